The maximum atomic E-state index is 12.3. The standard InChI is InChI=1S/C21H20N4O3S/c1-13-14(2)29-19(24-13)8-10-23-21(26)17-11-16(28-25-17)12-27-18-7-3-5-15-6-4-9-22-20(15)18/h3-7,9,11H,8,10,12H2,1-2H3,(H,23,26). The van der Waals surface area contributed by atoms with Crippen LogP contribution in [0.25, 0.3) is 10.9 Å². The van der Waals surface area contributed by atoms with Crippen molar-refractivity contribution in [3.8, 4) is 5.75 Å². The van der Waals surface area contributed by atoms with Crippen molar-refractivity contribution in [1.29, 1.82) is 0 Å². The van der Waals surface area contributed by atoms with Gasteiger partial charge >= 0.3 is 0 Å². The van der Waals surface area contributed by atoms with E-state index in [1.807, 2.05) is 44.2 Å². The average Bonchev–Trinajstić information content (AvgIpc) is 3.33. The SMILES string of the molecule is Cc1nc(CCNC(=O)c2cc(COc3cccc4cccnc34)on2)sc1C. The zero-order chi connectivity index (χ0) is 20.2. The Hall–Kier alpha value is -3.26. The van der Waals surface area contributed by atoms with Crippen LogP contribution in [0.15, 0.2) is 47.1 Å². The third kappa shape index (κ3) is 4.43. The average molecular weight is 408 g/mol. The first kappa shape index (κ1) is 19.1. The van der Waals surface area contributed by atoms with Crippen LogP contribution < -0.4 is 10.1 Å². The van der Waals surface area contributed by atoms with Gasteiger partial charge in [0, 0.05) is 35.5 Å². The number of para-hydroxylation sites is 1. The molecule has 0 aliphatic heterocycles. The van der Waals surface area contributed by atoms with E-state index in [1.165, 1.54) is 4.88 Å². The summed E-state index contributed by atoms with van der Waals surface area (Å²) in [4.78, 5) is 22.3. The van der Waals surface area contributed by atoms with Gasteiger partial charge in [0.05, 0.1) is 10.7 Å². The van der Waals surface area contributed by atoms with Crippen molar-refractivity contribution in [3.63, 3.8) is 0 Å². The Balaban J connectivity index is 1.32. The van der Waals surface area contributed by atoms with Gasteiger partial charge in [-0.1, -0.05) is 23.4 Å². The summed E-state index contributed by atoms with van der Waals surface area (Å²) in [5.41, 5.74) is 2.05. The lowest BCUT2D eigenvalue weighted by Gasteiger charge is -2.06. The maximum Gasteiger partial charge on any atom is 0.273 e. The van der Waals surface area contributed by atoms with Crippen LogP contribution in [0.1, 0.15) is 31.8 Å². The fraction of sp³-hybridized carbons (Fsp3) is 0.238. The van der Waals surface area contributed by atoms with Gasteiger partial charge in [0.25, 0.3) is 5.91 Å². The normalized spacial score (nSPS) is 11.0. The molecule has 3 aromatic heterocycles. The number of hydrogen-bond donors (Lipinski definition) is 1. The second-order valence-corrected chi connectivity index (χ2v) is 7.84. The summed E-state index contributed by atoms with van der Waals surface area (Å²) in [5.74, 6) is 0.839. The predicted octanol–water partition coefficient (Wildman–Crippen LogP) is 3.85. The molecule has 7 nitrogen and oxygen atoms in total. The van der Waals surface area contributed by atoms with Gasteiger partial charge in [-0.25, -0.2) is 4.98 Å². The van der Waals surface area contributed by atoms with E-state index in [9.17, 15) is 4.79 Å². The molecule has 0 saturated carbocycles. The molecule has 0 atom stereocenters. The Labute approximate surface area is 171 Å². The molecule has 0 unspecified atom stereocenters. The van der Waals surface area contributed by atoms with Crippen LogP contribution in [-0.2, 0) is 13.0 Å². The van der Waals surface area contributed by atoms with Crippen molar-refractivity contribution < 1.29 is 14.1 Å². The van der Waals surface area contributed by atoms with E-state index in [0.29, 0.717) is 24.5 Å². The molecule has 4 rings (SSSR count). The number of fused-ring (bicyclic) bond motifs is 1. The van der Waals surface area contributed by atoms with Crippen LogP contribution in [0, 0.1) is 13.8 Å². The summed E-state index contributed by atoms with van der Waals surface area (Å²) in [5, 5.41) is 8.69. The first-order valence-electron chi connectivity index (χ1n) is 9.23. The lowest BCUT2D eigenvalue weighted by Crippen LogP contribution is -2.25. The quantitative estimate of drug-likeness (QED) is 0.500. The van der Waals surface area contributed by atoms with E-state index in [0.717, 1.165) is 21.6 Å². The molecule has 1 N–H and O–H groups in total. The van der Waals surface area contributed by atoms with Crippen molar-refractivity contribution in [2.45, 2.75) is 26.9 Å². The first-order valence-corrected chi connectivity index (χ1v) is 10.0. The number of carbonyl (C=O) groups excluding carboxylic acids is 1. The zero-order valence-corrected chi connectivity index (χ0v) is 17.0. The van der Waals surface area contributed by atoms with Gasteiger partial charge in [-0.05, 0) is 26.0 Å². The number of carbonyl (C=O) groups is 1. The molecule has 29 heavy (non-hydrogen) atoms. The highest BCUT2D eigenvalue weighted by Gasteiger charge is 2.14. The van der Waals surface area contributed by atoms with Crippen molar-refractivity contribution in [3.05, 3.63) is 69.6 Å². The number of ether oxygens (including phenoxy) is 1. The van der Waals surface area contributed by atoms with Crippen LogP contribution >= 0.6 is 11.3 Å². The van der Waals surface area contributed by atoms with Gasteiger partial charge in [-0.15, -0.1) is 11.3 Å². The maximum absolute atomic E-state index is 12.3. The van der Waals surface area contributed by atoms with Gasteiger partial charge in [0.2, 0.25) is 0 Å². The Morgan fingerprint density at radius 3 is 2.93 bits per heavy atom. The number of pyridine rings is 1. The summed E-state index contributed by atoms with van der Waals surface area (Å²) in [6.07, 6.45) is 2.41. The van der Waals surface area contributed by atoms with Crippen LogP contribution in [0.4, 0.5) is 0 Å². The monoisotopic (exact) mass is 408 g/mol. The van der Waals surface area contributed by atoms with Crippen LogP contribution in [0.5, 0.6) is 5.75 Å². The van der Waals surface area contributed by atoms with Gasteiger partial charge in [0.15, 0.2) is 11.5 Å². The number of aryl methyl sites for hydroxylation is 2. The minimum absolute atomic E-state index is 0.160. The highest BCUT2D eigenvalue weighted by molar-refractivity contribution is 7.11. The molecule has 4 aromatic rings. The molecule has 0 fully saturated rings. The molecule has 0 saturated heterocycles. The molecular weight excluding hydrogens is 388 g/mol. The Bertz CT molecular complexity index is 1130. The van der Waals surface area contributed by atoms with Crippen molar-refractivity contribution in [2.24, 2.45) is 0 Å². The number of hydrogen-bond acceptors (Lipinski definition) is 7. The Morgan fingerprint density at radius 1 is 1.24 bits per heavy atom. The van der Waals surface area contributed by atoms with E-state index >= 15 is 0 Å². The third-order valence-corrected chi connectivity index (χ3v) is 5.59. The molecule has 1 amide bonds. The van der Waals surface area contributed by atoms with E-state index in [4.69, 9.17) is 9.26 Å². The summed E-state index contributed by atoms with van der Waals surface area (Å²) in [6.45, 7) is 4.68. The lowest BCUT2D eigenvalue weighted by molar-refractivity contribution is 0.0944. The number of rotatable bonds is 7. The lowest BCUT2D eigenvalue weighted by atomic mass is 10.2. The topological polar surface area (TPSA) is 90.1 Å². The number of nitrogens with zero attached hydrogens (tertiary/aromatic N) is 3. The van der Waals surface area contributed by atoms with E-state index in [2.05, 4.69) is 20.4 Å². The Kier molecular flexibility index (Phi) is 5.53. The molecule has 0 aliphatic carbocycles. The summed E-state index contributed by atoms with van der Waals surface area (Å²) in [7, 11) is 0. The fourth-order valence-corrected chi connectivity index (χ4v) is 3.78. The number of thiazole rings is 1. The van der Waals surface area contributed by atoms with Gasteiger partial charge in [0.1, 0.15) is 17.9 Å². The molecular formula is C21H20N4O3S. The van der Waals surface area contributed by atoms with E-state index in [-0.39, 0.29) is 18.2 Å². The van der Waals surface area contributed by atoms with Crippen LogP contribution in [-0.4, -0.2) is 27.6 Å². The summed E-state index contributed by atoms with van der Waals surface area (Å²) < 4.78 is 11.1. The van der Waals surface area contributed by atoms with Gasteiger partial charge in [-0.2, -0.15) is 0 Å². The highest BCUT2D eigenvalue weighted by Crippen LogP contribution is 2.24. The minimum atomic E-state index is -0.281. The van der Waals surface area contributed by atoms with Crippen molar-refractivity contribution in [1.82, 2.24) is 20.4 Å². The number of amides is 1. The first-order chi connectivity index (χ1) is 14.1. The predicted molar refractivity (Wildman–Crippen MR) is 110 cm³/mol. The van der Waals surface area contributed by atoms with Crippen LogP contribution in [0.3, 0.4) is 0 Å². The smallest absolute Gasteiger partial charge is 0.273 e. The minimum Gasteiger partial charge on any atom is -0.483 e. The molecule has 0 radical (unpaired) electrons. The molecule has 8 heteroatoms. The van der Waals surface area contributed by atoms with Gasteiger partial charge < -0.3 is 14.6 Å². The van der Waals surface area contributed by atoms with Gasteiger partial charge in [-0.3, -0.25) is 9.78 Å². The molecule has 148 valence electrons. The molecule has 0 spiro atoms. The summed E-state index contributed by atoms with van der Waals surface area (Å²) in [6, 6.07) is 11.2. The zero-order valence-electron chi connectivity index (χ0n) is 16.1. The summed E-state index contributed by atoms with van der Waals surface area (Å²) >= 11 is 1.65. The number of nitrogens with one attached hydrogen (secondary N) is 1. The highest BCUT2D eigenvalue weighted by atomic mass is 32.1. The molecule has 1 aromatic carbocycles. The molecule has 0 aliphatic rings. The second-order valence-electron chi connectivity index (χ2n) is 6.55. The molecule has 0 bridgehead atoms. The van der Waals surface area contributed by atoms with E-state index in [1.54, 1.807) is 23.6 Å². The van der Waals surface area contributed by atoms with E-state index < -0.39 is 0 Å². The number of benzene rings is 1. The number of aromatic nitrogens is 3. The molecule has 3 heterocycles. The largest absolute Gasteiger partial charge is 0.483 e. The Morgan fingerprint density at radius 2 is 2.10 bits per heavy atom. The fourth-order valence-electron chi connectivity index (χ4n) is 2.85. The third-order valence-electron chi connectivity index (χ3n) is 4.45. The van der Waals surface area contributed by atoms with Crippen molar-refractivity contribution >= 4 is 28.1 Å². The second kappa shape index (κ2) is 8.40. The van der Waals surface area contributed by atoms with Crippen LogP contribution in [0.2, 0.25) is 0 Å². The van der Waals surface area contributed by atoms with Crippen molar-refractivity contribution in [2.75, 3.05) is 6.54 Å².